The average molecular weight is 180 g/mol. The van der Waals surface area contributed by atoms with Crippen LogP contribution in [0.25, 0.3) is 0 Å². The number of aliphatic hydroxyl groups is 1. The van der Waals surface area contributed by atoms with Crippen LogP contribution in [0, 0.1) is 5.92 Å². The summed E-state index contributed by atoms with van der Waals surface area (Å²) in [5, 5.41) is 9.56. The second-order valence-electron chi connectivity index (χ2n) is 4.02. The lowest BCUT2D eigenvalue weighted by molar-refractivity contribution is 0.0779. The molecule has 1 aromatic rings. The van der Waals surface area contributed by atoms with E-state index in [1.54, 1.807) is 6.20 Å². The van der Waals surface area contributed by atoms with Gasteiger partial charge in [-0.15, -0.1) is 0 Å². The van der Waals surface area contributed by atoms with E-state index in [2.05, 4.69) is 16.5 Å². The number of imidazole rings is 1. The minimum Gasteiger partial charge on any atom is -0.393 e. The number of nitrogens with zero attached hydrogens (tertiary/aromatic N) is 2. The van der Waals surface area contributed by atoms with Gasteiger partial charge in [-0.05, 0) is 25.2 Å². The van der Waals surface area contributed by atoms with E-state index >= 15 is 0 Å². The molecule has 1 heterocycles. The van der Waals surface area contributed by atoms with Crippen LogP contribution in [0.3, 0.4) is 0 Å². The molecule has 0 aliphatic heterocycles. The van der Waals surface area contributed by atoms with Crippen LogP contribution < -0.4 is 0 Å². The van der Waals surface area contributed by atoms with Crippen LogP contribution in [-0.2, 0) is 0 Å². The summed E-state index contributed by atoms with van der Waals surface area (Å²) in [4.78, 5) is 4.04. The van der Waals surface area contributed by atoms with E-state index in [9.17, 15) is 5.11 Å². The molecule has 2 rings (SSSR count). The Morgan fingerprint density at radius 1 is 1.46 bits per heavy atom. The third kappa shape index (κ3) is 1.75. The van der Waals surface area contributed by atoms with Crippen molar-refractivity contribution in [2.45, 2.75) is 38.3 Å². The lowest BCUT2D eigenvalue weighted by Crippen LogP contribution is -2.27. The van der Waals surface area contributed by atoms with Gasteiger partial charge in [0.15, 0.2) is 0 Å². The summed E-state index contributed by atoms with van der Waals surface area (Å²) in [5.74, 6) is 0.651. The quantitative estimate of drug-likeness (QED) is 0.713. The second kappa shape index (κ2) is 3.50. The molecule has 72 valence electrons. The van der Waals surface area contributed by atoms with Gasteiger partial charge in [0, 0.05) is 18.4 Å². The molecule has 3 unspecified atom stereocenters. The molecule has 0 bridgehead atoms. The number of aromatic nitrogens is 2. The number of rotatable bonds is 1. The van der Waals surface area contributed by atoms with Crippen molar-refractivity contribution in [1.29, 1.82) is 0 Å². The molecule has 3 atom stereocenters. The molecular weight excluding hydrogens is 164 g/mol. The number of hydrogen-bond acceptors (Lipinski definition) is 2. The Morgan fingerprint density at radius 3 is 3.00 bits per heavy atom. The zero-order valence-corrected chi connectivity index (χ0v) is 7.93. The molecular formula is C10H16N2O. The zero-order valence-electron chi connectivity index (χ0n) is 7.93. The van der Waals surface area contributed by atoms with E-state index in [1.807, 2.05) is 12.5 Å². The fourth-order valence-electron chi connectivity index (χ4n) is 2.16. The standard InChI is InChI=1S/C10H16N2O/c1-8-2-3-9(13)6-10(8)12-5-4-11-7-12/h4-5,7-10,13H,2-3,6H2,1H3. The van der Waals surface area contributed by atoms with Gasteiger partial charge in [-0.25, -0.2) is 4.98 Å². The minimum absolute atomic E-state index is 0.122. The first-order chi connectivity index (χ1) is 6.27. The predicted molar refractivity (Wildman–Crippen MR) is 50.3 cm³/mol. The van der Waals surface area contributed by atoms with Crippen LogP contribution in [0.5, 0.6) is 0 Å². The van der Waals surface area contributed by atoms with E-state index in [0.29, 0.717) is 12.0 Å². The maximum atomic E-state index is 9.56. The molecule has 0 radical (unpaired) electrons. The molecule has 1 aliphatic carbocycles. The summed E-state index contributed by atoms with van der Waals surface area (Å²) in [6.07, 6.45) is 8.45. The molecule has 3 nitrogen and oxygen atoms in total. The topological polar surface area (TPSA) is 38.0 Å². The van der Waals surface area contributed by atoms with Gasteiger partial charge in [0.2, 0.25) is 0 Å². The fraction of sp³-hybridized carbons (Fsp3) is 0.700. The molecule has 1 saturated carbocycles. The SMILES string of the molecule is CC1CCC(O)CC1n1ccnc1. The molecule has 0 spiro atoms. The van der Waals surface area contributed by atoms with Crippen molar-refractivity contribution < 1.29 is 5.11 Å². The number of aliphatic hydroxyl groups excluding tert-OH is 1. The van der Waals surface area contributed by atoms with Gasteiger partial charge >= 0.3 is 0 Å². The summed E-state index contributed by atoms with van der Waals surface area (Å²) < 4.78 is 2.12. The Bertz CT molecular complexity index is 258. The Morgan fingerprint density at radius 2 is 2.31 bits per heavy atom. The van der Waals surface area contributed by atoms with Gasteiger partial charge in [0.05, 0.1) is 12.4 Å². The summed E-state index contributed by atoms with van der Waals surface area (Å²) >= 11 is 0. The van der Waals surface area contributed by atoms with E-state index in [0.717, 1.165) is 19.3 Å². The Kier molecular flexibility index (Phi) is 2.36. The first-order valence-electron chi connectivity index (χ1n) is 4.93. The van der Waals surface area contributed by atoms with Crippen molar-refractivity contribution in [3.8, 4) is 0 Å². The largest absolute Gasteiger partial charge is 0.393 e. The van der Waals surface area contributed by atoms with Crippen LogP contribution in [0.4, 0.5) is 0 Å². The second-order valence-corrected chi connectivity index (χ2v) is 4.02. The van der Waals surface area contributed by atoms with Gasteiger partial charge in [0.1, 0.15) is 0 Å². The Labute approximate surface area is 78.4 Å². The van der Waals surface area contributed by atoms with E-state index in [1.165, 1.54) is 0 Å². The minimum atomic E-state index is -0.122. The summed E-state index contributed by atoms with van der Waals surface area (Å²) in [5.41, 5.74) is 0. The molecule has 3 heteroatoms. The predicted octanol–water partition coefficient (Wildman–Crippen LogP) is 1.61. The molecule has 13 heavy (non-hydrogen) atoms. The van der Waals surface area contributed by atoms with Crippen LogP contribution >= 0.6 is 0 Å². The average Bonchev–Trinajstić information content (AvgIpc) is 2.61. The number of hydrogen-bond donors (Lipinski definition) is 1. The van der Waals surface area contributed by atoms with E-state index < -0.39 is 0 Å². The molecule has 1 aliphatic rings. The molecule has 1 fully saturated rings. The highest BCUT2D eigenvalue weighted by Crippen LogP contribution is 2.33. The monoisotopic (exact) mass is 180 g/mol. The zero-order chi connectivity index (χ0) is 9.26. The van der Waals surface area contributed by atoms with Gasteiger partial charge in [-0.1, -0.05) is 6.92 Å². The third-order valence-corrected chi connectivity index (χ3v) is 3.03. The van der Waals surface area contributed by atoms with Crippen molar-refractivity contribution in [2.75, 3.05) is 0 Å². The molecule has 1 aromatic heterocycles. The van der Waals surface area contributed by atoms with Crippen molar-refractivity contribution in [2.24, 2.45) is 5.92 Å². The van der Waals surface area contributed by atoms with Crippen LogP contribution in [0.15, 0.2) is 18.7 Å². The Hall–Kier alpha value is -0.830. The van der Waals surface area contributed by atoms with E-state index in [4.69, 9.17) is 0 Å². The normalized spacial score (nSPS) is 34.8. The van der Waals surface area contributed by atoms with Crippen LogP contribution in [-0.4, -0.2) is 20.8 Å². The highest BCUT2D eigenvalue weighted by Gasteiger charge is 2.27. The highest BCUT2D eigenvalue weighted by atomic mass is 16.3. The van der Waals surface area contributed by atoms with Crippen molar-refractivity contribution in [3.63, 3.8) is 0 Å². The first-order valence-corrected chi connectivity index (χ1v) is 4.93. The van der Waals surface area contributed by atoms with E-state index in [-0.39, 0.29) is 6.10 Å². The fourth-order valence-corrected chi connectivity index (χ4v) is 2.16. The van der Waals surface area contributed by atoms with Gasteiger partial charge in [-0.2, -0.15) is 0 Å². The van der Waals surface area contributed by atoms with Gasteiger partial charge < -0.3 is 9.67 Å². The van der Waals surface area contributed by atoms with Gasteiger partial charge in [-0.3, -0.25) is 0 Å². The lowest BCUT2D eigenvalue weighted by Gasteiger charge is -2.32. The summed E-state index contributed by atoms with van der Waals surface area (Å²) in [7, 11) is 0. The van der Waals surface area contributed by atoms with Crippen molar-refractivity contribution in [1.82, 2.24) is 9.55 Å². The molecule has 0 saturated heterocycles. The first kappa shape index (κ1) is 8.75. The summed E-state index contributed by atoms with van der Waals surface area (Å²) in [6, 6.07) is 0.436. The van der Waals surface area contributed by atoms with Crippen molar-refractivity contribution >= 4 is 0 Å². The molecule has 1 N–H and O–H groups in total. The Balaban J connectivity index is 2.12. The van der Waals surface area contributed by atoms with Crippen LogP contribution in [0.2, 0.25) is 0 Å². The highest BCUT2D eigenvalue weighted by molar-refractivity contribution is 4.87. The molecule has 0 aromatic carbocycles. The summed E-state index contributed by atoms with van der Waals surface area (Å²) in [6.45, 7) is 2.25. The maximum Gasteiger partial charge on any atom is 0.0948 e. The lowest BCUT2D eigenvalue weighted by atomic mass is 9.84. The molecule has 0 amide bonds. The third-order valence-electron chi connectivity index (χ3n) is 3.03. The maximum absolute atomic E-state index is 9.56. The van der Waals surface area contributed by atoms with Gasteiger partial charge in [0.25, 0.3) is 0 Å². The van der Waals surface area contributed by atoms with Crippen molar-refractivity contribution in [3.05, 3.63) is 18.7 Å². The smallest absolute Gasteiger partial charge is 0.0948 e. The van der Waals surface area contributed by atoms with Crippen LogP contribution in [0.1, 0.15) is 32.2 Å².